The number of rotatable bonds is 1. The summed E-state index contributed by atoms with van der Waals surface area (Å²) in [5.74, 6) is 0. The van der Waals surface area contributed by atoms with Crippen LogP contribution in [0.25, 0.3) is 0 Å². The Balaban J connectivity index is 3.21. The fraction of sp³-hybridized carbons (Fsp3) is 0. The Morgan fingerprint density at radius 1 is 1.60 bits per heavy atom. The fourth-order valence-electron chi connectivity index (χ4n) is 0.336. The topological polar surface area (TPSA) is 64.8 Å². The van der Waals surface area contributed by atoms with Crippen LogP contribution in [0.1, 0.15) is 0 Å². The van der Waals surface area contributed by atoms with Gasteiger partial charge in [0.2, 0.25) is 0 Å². The van der Waals surface area contributed by atoms with Crippen molar-refractivity contribution in [2.24, 2.45) is 0 Å². The van der Waals surface area contributed by atoms with Crippen molar-refractivity contribution in [2.45, 2.75) is 0 Å². The monoisotopic (exact) mass is 385 g/mol. The Hall–Kier alpha value is 0.550. The van der Waals surface area contributed by atoms with Crippen molar-refractivity contribution in [3.05, 3.63) is 9.90 Å². The molecule has 0 spiro atoms. The molecule has 0 saturated heterocycles. The van der Waals surface area contributed by atoms with E-state index in [2.05, 4.69) is 10.3 Å². The maximum atomic E-state index is 10.7. The number of halogens is 2. The molecule has 0 radical (unpaired) electrons. The average molecular weight is 385 g/mol. The van der Waals surface area contributed by atoms with E-state index in [1.165, 1.54) is 27.4 Å². The van der Waals surface area contributed by atoms with E-state index < -0.39 is 7.19 Å². The van der Waals surface area contributed by atoms with Crippen LogP contribution in [0.4, 0.5) is 0 Å². The highest BCUT2D eigenvalue weighted by molar-refractivity contribution is 14.2. The number of aromatic nitrogens is 3. The molecule has 0 aliphatic carbocycles. The van der Waals surface area contributed by atoms with Crippen molar-refractivity contribution < 1.29 is 8.42 Å². The van der Waals surface area contributed by atoms with Gasteiger partial charge < -0.3 is 0 Å². The highest BCUT2D eigenvalue weighted by Crippen LogP contribution is 2.06. The van der Waals surface area contributed by atoms with Gasteiger partial charge in [-0.25, -0.2) is 0 Å². The summed E-state index contributed by atoms with van der Waals surface area (Å²) in [6, 6.07) is 0. The van der Waals surface area contributed by atoms with E-state index in [4.69, 9.17) is 0 Å². The Morgan fingerprint density at radius 3 is 2.40 bits per heavy atom. The largest absolute Gasteiger partial charge is 0.308 e. The normalized spacial score (nSPS) is 11.8. The smallest absolute Gasteiger partial charge is 0.194 e. The van der Waals surface area contributed by atoms with Crippen LogP contribution in [-0.2, 0) is 7.19 Å². The molecule has 0 bridgehead atoms. The molecule has 1 rings (SSSR count). The minimum Gasteiger partial charge on any atom is -0.194 e. The van der Waals surface area contributed by atoms with Crippen LogP contribution in [0.5, 0.6) is 0 Å². The lowest BCUT2D eigenvalue weighted by atomic mass is 11.0. The zero-order valence-electron chi connectivity index (χ0n) is 4.40. The van der Waals surface area contributed by atoms with E-state index in [0.717, 1.165) is 4.09 Å². The number of hydrogen-bond acceptors (Lipinski definition) is 4. The lowest BCUT2D eigenvalue weighted by molar-refractivity contribution is 0.595. The maximum Gasteiger partial charge on any atom is 0.308 e. The molecule has 0 aliphatic heterocycles. The van der Waals surface area contributed by atoms with Gasteiger partial charge in [-0.3, -0.25) is 0 Å². The molecule has 0 fully saturated rings. The predicted octanol–water partition coefficient (Wildman–Crippen LogP) is 0.411. The van der Waals surface area contributed by atoms with Gasteiger partial charge in [0.15, 0.2) is 0 Å². The third-order valence-corrected chi connectivity index (χ3v) is 3.00. The second-order valence-corrected chi connectivity index (χ2v) is 7.00. The van der Waals surface area contributed by atoms with E-state index in [1.807, 2.05) is 22.6 Å². The van der Waals surface area contributed by atoms with Crippen molar-refractivity contribution in [1.82, 2.24) is 14.4 Å². The molecule has 0 aromatic carbocycles. The number of nitrogens with zero attached hydrogens (tertiary/aromatic N) is 3. The van der Waals surface area contributed by atoms with E-state index in [9.17, 15) is 8.42 Å². The first-order valence-corrected chi connectivity index (χ1v) is 7.09. The third kappa shape index (κ3) is 2.02. The first kappa shape index (κ1) is 8.64. The van der Waals surface area contributed by atoms with Crippen LogP contribution in [0.3, 0.4) is 0 Å². The predicted molar refractivity (Wildman–Crippen MR) is 51.1 cm³/mol. The Kier molecular flexibility index (Phi) is 2.50. The zero-order chi connectivity index (χ0) is 7.78. The van der Waals surface area contributed by atoms with E-state index in [-0.39, 0.29) is 0 Å². The summed E-state index contributed by atoms with van der Waals surface area (Å²) in [5.41, 5.74) is 0. The van der Waals surface area contributed by atoms with Crippen LogP contribution in [-0.4, -0.2) is 22.8 Å². The molecule has 1 aromatic heterocycles. The van der Waals surface area contributed by atoms with Crippen molar-refractivity contribution in [3.63, 3.8) is 0 Å². The molecule has 0 N–H and O–H groups in total. The van der Waals surface area contributed by atoms with Crippen LogP contribution >= 0.6 is 43.8 Å². The second-order valence-electron chi connectivity index (χ2n) is 1.36. The minimum absolute atomic E-state index is 0.554. The molecule has 0 amide bonds. The summed E-state index contributed by atoms with van der Waals surface area (Å²) < 4.78 is 22.7. The van der Waals surface area contributed by atoms with Crippen molar-refractivity contribution >= 4 is 51.0 Å². The third-order valence-electron chi connectivity index (χ3n) is 0.669. The Bertz CT molecular complexity index is 330. The fourth-order valence-corrected chi connectivity index (χ4v) is 1.81. The standard InChI is InChI=1S/C2HI2N3O2S/c3-2-1-7(6-5-2)10(4,8)9/h1H. The van der Waals surface area contributed by atoms with Gasteiger partial charge in [-0.05, 0) is 22.6 Å². The van der Waals surface area contributed by atoms with Gasteiger partial charge in [-0.2, -0.15) is 8.42 Å². The Labute approximate surface area is 83.0 Å². The summed E-state index contributed by atoms with van der Waals surface area (Å²) in [6.45, 7) is 0. The molecule has 1 aromatic rings. The molecule has 0 unspecified atom stereocenters. The molecule has 8 heteroatoms. The molecule has 5 nitrogen and oxygen atoms in total. The summed E-state index contributed by atoms with van der Waals surface area (Å²) in [4.78, 5) is 0. The van der Waals surface area contributed by atoms with Gasteiger partial charge in [0.1, 0.15) is 3.70 Å². The lowest BCUT2D eigenvalue weighted by Gasteiger charge is -1.88. The van der Waals surface area contributed by atoms with Gasteiger partial charge in [-0.1, -0.05) is 5.21 Å². The highest BCUT2D eigenvalue weighted by Gasteiger charge is 2.08. The van der Waals surface area contributed by atoms with Crippen LogP contribution < -0.4 is 0 Å². The van der Waals surface area contributed by atoms with E-state index in [1.54, 1.807) is 0 Å². The molecule has 0 atom stereocenters. The van der Waals surface area contributed by atoms with Gasteiger partial charge in [0.05, 0.1) is 27.4 Å². The van der Waals surface area contributed by atoms with E-state index in [0.29, 0.717) is 3.70 Å². The van der Waals surface area contributed by atoms with Crippen molar-refractivity contribution in [3.8, 4) is 0 Å². The lowest BCUT2D eigenvalue weighted by Crippen LogP contribution is -2.04. The molecule has 0 aliphatic rings. The summed E-state index contributed by atoms with van der Waals surface area (Å²) in [7, 11) is -3.27. The van der Waals surface area contributed by atoms with Gasteiger partial charge >= 0.3 is 7.19 Å². The molecule has 1 heterocycles. The summed E-state index contributed by atoms with van der Waals surface area (Å²) >= 11 is 3.16. The van der Waals surface area contributed by atoms with Crippen LogP contribution in [0, 0.1) is 3.70 Å². The van der Waals surface area contributed by atoms with Crippen molar-refractivity contribution in [2.75, 3.05) is 0 Å². The number of hydrogen-bond donors (Lipinski definition) is 0. The molecule has 10 heavy (non-hydrogen) atoms. The average Bonchev–Trinajstić information content (AvgIpc) is 2.11. The summed E-state index contributed by atoms with van der Waals surface area (Å²) in [6.07, 6.45) is 1.34. The zero-order valence-corrected chi connectivity index (χ0v) is 9.53. The van der Waals surface area contributed by atoms with Crippen molar-refractivity contribution in [1.29, 1.82) is 0 Å². The Morgan fingerprint density at radius 2 is 2.20 bits per heavy atom. The second kappa shape index (κ2) is 2.89. The van der Waals surface area contributed by atoms with Crippen LogP contribution in [0.2, 0.25) is 0 Å². The first-order valence-electron chi connectivity index (χ1n) is 2.03. The highest BCUT2D eigenvalue weighted by atomic mass is 127. The van der Waals surface area contributed by atoms with Gasteiger partial charge in [0, 0.05) is 0 Å². The van der Waals surface area contributed by atoms with Gasteiger partial charge in [-0.15, -0.1) is 9.19 Å². The minimum atomic E-state index is -3.27. The molecular formula is C2HI2N3O2S. The van der Waals surface area contributed by atoms with E-state index >= 15 is 0 Å². The van der Waals surface area contributed by atoms with Gasteiger partial charge in [0.25, 0.3) is 0 Å². The quantitative estimate of drug-likeness (QED) is 0.519. The molecular weight excluding hydrogens is 384 g/mol. The summed E-state index contributed by atoms with van der Waals surface area (Å²) in [5, 5.41) is 6.85. The SMILES string of the molecule is O=S(=O)(I)n1cc(I)nn1. The van der Waals surface area contributed by atoms with Crippen LogP contribution in [0.15, 0.2) is 6.20 Å². The first-order chi connectivity index (χ1) is 4.50. The maximum absolute atomic E-state index is 10.7. The molecule has 56 valence electrons. The molecule has 0 saturated carbocycles.